The van der Waals surface area contributed by atoms with Gasteiger partial charge in [0.15, 0.2) is 0 Å². The first-order chi connectivity index (χ1) is 14.4. The predicted molar refractivity (Wildman–Crippen MR) is 116 cm³/mol. The van der Waals surface area contributed by atoms with Gasteiger partial charge < -0.3 is 5.11 Å². The molecule has 152 valence electrons. The third kappa shape index (κ3) is 4.04. The molecular weight excluding hydrogens is 402 g/mol. The van der Waals surface area contributed by atoms with Crippen LogP contribution in [-0.4, -0.2) is 32.7 Å². The van der Waals surface area contributed by atoms with E-state index in [1.807, 2.05) is 61.5 Å². The lowest BCUT2D eigenvalue weighted by molar-refractivity contribution is -0.141. The standard InChI is InChI=1S/C23H20ClN3O3/c1-14-7-8-18-16(11-14)12-17(23(24)25-18)20-13-19(15-5-3-2-4-6-15)26-27(20)21(28)9-10-22(29)30/h2-8,11-12,20H,9-10,13H2,1H3,(H,29,30)/t20-/m0/s1. The number of pyridine rings is 1. The molecule has 1 atom stereocenters. The Bertz CT molecular complexity index is 1160. The van der Waals surface area contributed by atoms with Crippen LogP contribution in [0.25, 0.3) is 10.9 Å². The molecular formula is C23H20ClN3O3. The largest absolute Gasteiger partial charge is 0.481 e. The van der Waals surface area contributed by atoms with Crippen LogP contribution in [0.15, 0.2) is 59.7 Å². The van der Waals surface area contributed by atoms with Crippen molar-refractivity contribution in [1.29, 1.82) is 0 Å². The maximum Gasteiger partial charge on any atom is 0.303 e. The third-order valence-electron chi connectivity index (χ3n) is 5.14. The third-order valence-corrected chi connectivity index (χ3v) is 5.44. The van der Waals surface area contributed by atoms with Crippen molar-refractivity contribution in [2.45, 2.75) is 32.2 Å². The molecule has 0 spiro atoms. The van der Waals surface area contributed by atoms with Gasteiger partial charge in [0, 0.05) is 23.8 Å². The van der Waals surface area contributed by atoms with Crippen molar-refractivity contribution in [2.75, 3.05) is 0 Å². The van der Waals surface area contributed by atoms with Gasteiger partial charge in [-0.05, 0) is 30.7 Å². The Kier molecular flexibility index (Phi) is 5.50. The van der Waals surface area contributed by atoms with E-state index in [1.165, 1.54) is 5.01 Å². The fraction of sp³-hybridized carbons (Fsp3) is 0.217. The van der Waals surface area contributed by atoms with Crippen molar-refractivity contribution in [3.05, 3.63) is 76.4 Å². The number of carbonyl (C=O) groups excluding carboxylic acids is 1. The van der Waals surface area contributed by atoms with Crippen molar-refractivity contribution in [3.63, 3.8) is 0 Å². The summed E-state index contributed by atoms with van der Waals surface area (Å²) < 4.78 is 0. The highest BCUT2D eigenvalue weighted by Crippen LogP contribution is 2.37. The van der Waals surface area contributed by atoms with Crippen molar-refractivity contribution < 1.29 is 14.7 Å². The lowest BCUT2D eigenvalue weighted by Gasteiger charge is -2.23. The monoisotopic (exact) mass is 421 g/mol. The number of hydrogen-bond acceptors (Lipinski definition) is 4. The Balaban J connectivity index is 1.75. The van der Waals surface area contributed by atoms with E-state index in [1.54, 1.807) is 0 Å². The maximum absolute atomic E-state index is 12.8. The summed E-state index contributed by atoms with van der Waals surface area (Å²) in [5, 5.41) is 16.1. The smallest absolute Gasteiger partial charge is 0.303 e. The molecule has 0 fully saturated rings. The van der Waals surface area contributed by atoms with Crippen molar-refractivity contribution in [3.8, 4) is 0 Å². The molecule has 0 unspecified atom stereocenters. The van der Waals surface area contributed by atoms with Gasteiger partial charge in [0.05, 0.1) is 23.7 Å². The summed E-state index contributed by atoms with van der Waals surface area (Å²) in [5.74, 6) is -1.37. The number of amides is 1. The summed E-state index contributed by atoms with van der Waals surface area (Å²) in [5.41, 5.74) is 4.24. The molecule has 1 N–H and O–H groups in total. The maximum atomic E-state index is 12.8. The highest BCUT2D eigenvalue weighted by atomic mass is 35.5. The molecule has 0 saturated heterocycles. The number of carbonyl (C=O) groups is 2. The Labute approximate surface area is 178 Å². The van der Waals surface area contributed by atoms with Gasteiger partial charge in [-0.1, -0.05) is 53.6 Å². The van der Waals surface area contributed by atoms with Crippen LogP contribution in [0.1, 0.15) is 42.0 Å². The van der Waals surface area contributed by atoms with E-state index in [0.29, 0.717) is 17.1 Å². The number of carboxylic acids is 1. The summed E-state index contributed by atoms with van der Waals surface area (Å²) in [7, 11) is 0. The first-order valence-corrected chi connectivity index (χ1v) is 10.0. The minimum atomic E-state index is -1.02. The zero-order valence-electron chi connectivity index (χ0n) is 16.4. The van der Waals surface area contributed by atoms with Gasteiger partial charge in [-0.2, -0.15) is 5.10 Å². The van der Waals surface area contributed by atoms with Gasteiger partial charge in [0.25, 0.3) is 0 Å². The van der Waals surface area contributed by atoms with Crippen LogP contribution in [0.2, 0.25) is 5.15 Å². The molecule has 3 aromatic rings. The SMILES string of the molecule is Cc1ccc2nc(Cl)c([C@@H]3CC(c4ccccc4)=NN3C(=O)CCC(=O)O)cc2c1. The minimum Gasteiger partial charge on any atom is -0.481 e. The summed E-state index contributed by atoms with van der Waals surface area (Å²) in [6.45, 7) is 2.00. The van der Waals surface area contributed by atoms with Gasteiger partial charge in [-0.3, -0.25) is 9.59 Å². The zero-order valence-corrected chi connectivity index (χ0v) is 17.1. The van der Waals surface area contributed by atoms with E-state index < -0.39 is 12.0 Å². The van der Waals surface area contributed by atoms with Crippen molar-refractivity contribution >= 4 is 40.1 Å². The van der Waals surface area contributed by atoms with Gasteiger partial charge in [-0.15, -0.1) is 0 Å². The minimum absolute atomic E-state index is 0.130. The summed E-state index contributed by atoms with van der Waals surface area (Å²) in [4.78, 5) is 28.3. The van der Waals surface area contributed by atoms with E-state index >= 15 is 0 Å². The number of carboxylic acid groups (broad SMARTS) is 1. The molecule has 1 aromatic heterocycles. The van der Waals surface area contributed by atoms with E-state index in [9.17, 15) is 9.59 Å². The Morgan fingerprint density at radius 1 is 1.13 bits per heavy atom. The van der Waals surface area contributed by atoms with Crippen molar-refractivity contribution in [1.82, 2.24) is 9.99 Å². The van der Waals surface area contributed by atoms with Crippen LogP contribution in [0.5, 0.6) is 0 Å². The van der Waals surface area contributed by atoms with E-state index in [0.717, 1.165) is 27.7 Å². The first kappa shape index (κ1) is 20.0. The van der Waals surface area contributed by atoms with E-state index in [2.05, 4.69) is 10.1 Å². The molecule has 0 radical (unpaired) electrons. The van der Waals surface area contributed by atoms with Gasteiger partial charge in [0.1, 0.15) is 5.15 Å². The molecule has 1 aliphatic heterocycles. The number of aromatic nitrogens is 1. The van der Waals surface area contributed by atoms with Gasteiger partial charge in [0.2, 0.25) is 5.91 Å². The quantitative estimate of drug-likeness (QED) is 0.603. The number of benzene rings is 2. The van der Waals surface area contributed by atoms with E-state index in [-0.39, 0.29) is 18.7 Å². The molecule has 6 nitrogen and oxygen atoms in total. The number of fused-ring (bicyclic) bond motifs is 1. The molecule has 1 aliphatic rings. The lowest BCUT2D eigenvalue weighted by Crippen LogP contribution is -2.27. The average Bonchev–Trinajstić information content (AvgIpc) is 3.17. The van der Waals surface area contributed by atoms with Crippen LogP contribution >= 0.6 is 11.6 Å². The second-order valence-electron chi connectivity index (χ2n) is 7.33. The summed E-state index contributed by atoms with van der Waals surface area (Å²) >= 11 is 6.52. The second-order valence-corrected chi connectivity index (χ2v) is 7.69. The number of aryl methyl sites for hydroxylation is 1. The lowest BCUT2D eigenvalue weighted by atomic mass is 9.98. The first-order valence-electron chi connectivity index (χ1n) is 9.66. The normalized spacial score (nSPS) is 16.0. The fourth-order valence-corrected chi connectivity index (χ4v) is 3.91. The van der Waals surface area contributed by atoms with Crippen LogP contribution in [0, 0.1) is 6.92 Å². The molecule has 0 bridgehead atoms. The summed E-state index contributed by atoms with van der Waals surface area (Å²) in [6, 6.07) is 17.0. The number of aliphatic carboxylic acids is 1. The van der Waals surface area contributed by atoms with Gasteiger partial charge in [-0.25, -0.2) is 9.99 Å². The highest BCUT2D eigenvalue weighted by molar-refractivity contribution is 6.30. The molecule has 4 rings (SSSR count). The molecule has 7 heteroatoms. The number of nitrogens with zero attached hydrogens (tertiary/aromatic N) is 3. The van der Waals surface area contributed by atoms with Crippen LogP contribution < -0.4 is 0 Å². The number of halogens is 1. The zero-order chi connectivity index (χ0) is 21.3. The highest BCUT2D eigenvalue weighted by Gasteiger charge is 2.34. The van der Waals surface area contributed by atoms with Gasteiger partial charge >= 0.3 is 5.97 Å². The predicted octanol–water partition coefficient (Wildman–Crippen LogP) is 4.74. The Hall–Kier alpha value is -3.25. The second kappa shape index (κ2) is 8.24. The summed E-state index contributed by atoms with van der Waals surface area (Å²) in [6.07, 6.45) is 0.0951. The number of hydrazone groups is 1. The fourth-order valence-electron chi connectivity index (χ4n) is 3.64. The van der Waals surface area contributed by atoms with E-state index in [4.69, 9.17) is 16.7 Å². The topological polar surface area (TPSA) is 82.9 Å². The van der Waals surface area contributed by atoms with Crippen LogP contribution in [0.4, 0.5) is 0 Å². The molecule has 0 aliphatic carbocycles. The van der Waals surface area contributed by atoms with Crippen LogP contribution in [-0.2, 0) is 9.59 Å². The molecule has 0 saturated carbocycles. The molecule has 2 aromatic carbocycles. The Morgan fingerprint density at radius 3 is 2.63 bits per heavy atom. The van der Waals surface area contributed by atoms with Crippen LogP contribution in [0.3, 0.4) is 0 Å². The Morgan fingerprint density at radius 2 is 1.90 bits per heavy atom. The average molecular weight is 422 g/mol. The molecule has 1 amide bonds. The number of hydrogen-bond donors (Lipinski definition) is 1. The molecule has 30 heavy (non-hydrogen) atoms. The molecule has 2 heterocycles. The van der Waals surface area contributed by atoms with Crippen molar-refractivity contribution in [2.24, 2.45) is 5.10 Å². The number of rotatable bonds is 5.